The van der Waals surface area contributed by atoms with Crippen molar-refractivity contribution in [1.29, 1.82) is 0 Å². The summed E-state index contributed by atoms with van der Waals surface area (Å²) in [4.78, 5) is 37.6. The van der Waals surface area contributed by atoms with Crippen LogP contribution in [0, 0.1) is 0 Å². The van der Waals surface area contributed by atoms with E-state index in [4.69, 9.17) is 0 Å². The largest absolute Gasteiger partial charge is 0.339 e. The fourth-order valence-corrected chi connectivity index (χ4v) is 3.19. The molecule has 0 aliphatic carbocycles. The zero-order chi connectivity index (χ0) is 19.4. The minimum atomic E-state index is -0.671. The first-order valence-corrected chi connectivity index (χ1v) is 8.92. The van der Waals surface area contributed by atoms with E-state index in [1.165, 1.54) is 6.92 Å². The highest BCUT2D eigenvalue weighted by molar-refractivity contribution is 5.94. The van der Waals surface area contributed by atoms with Gasteiger partial charge in [0.25, 0.3) is 0 Å². The van der Waals surface area contributed by atoms with E-state index in [1.54, 1.807) is 24.1 Å². The lowest BCUT2D eigenvalue weighted by atomic mass is 9.95. The molecule has 0 aromatic heterocycles. The molecular weight excluding hydrogens is 342 g/mol. The molecule has 1 aliphatic rings. The van der Waals surface area contributed by atoms with Gasteiger partial charge in [-0.25, -0.2) is 4.79 Å². The van der Waals surface area contributed by atoms with E-state index in [9.17, 15) is 14.4 Å². The van der Waals surface area contributed by atoms with Gasteiger partial charge in [-0.15, -0.1) is 0 Å². The Morgan fingerprint density at radius 3 is 2.52 bits per heavy atom. The molecule has 6 heteroatoms. The first-order chi connectivity index (χ1) is 13.0. The highest BCUT2D eigenvalue weighted by Gasteiger charge is 2.31. The predicted molar refractivity (Wildman–Crippen MR) is 102 cm³/mol. The summed E-state index contributed by atoms with van der Waals surface area (Å²) in [6.45, 7) is 2.51. The second-order valence-corrected chi connectivity index (χ2v) is 6.73. The van der Waals surface area contributed by atoms with Crippen LogP contribution in [-0.4, -0.2) is 36.2 Å². The number of ketones is 1. The first kappa shape index (κ1) is 18.6. The summed E-state index contributed by atoms with van der Waals surface area (Å²) >= 11 is 0. The number of carbonyl (C=O) groups is 3. The van der Waals surface area contributed by atoms with Gasteiger partial charge in [0.2, 0.25) is 5.91 Å². The number of Topliss-reactive ketones (excluding diaryl/α,β-unsaturated/α-hetero) is 1. The third-order valence-corrected chi connectivity index (χ3v) is 4.73. The van der Waals surface area contributed by atoms with Crippen LogP contribution in [0.3, 0.4) is 0 Å². The molecule has 1 heterocycles. The molecule has 0 radical (unpaired) electrons. The molecule has 2 aromatic rings. The van der Waals surface area contributed by atoms with Gasteiger partial charge in [-0.2, -0.15) is 0 Å². The van der Waals surface area contributed by atoms with Gasteiger partial charge < -0.3 is 15.5 Å². The number of fused-ring (bicyclic) bond motifs is 1. The van der Waals surface area contributed by atoms with E-state index in [-0.39, 0.29) is 17.7 Å². The number of amides is 3. The standard InChI is InChI=1S/C21H23N3O3/c1-14(25)16-9-7-15(8-10-16)11-12-22-21(27)23-19-18-6-4-3-5-17(18)13-24(2)20(19)26/h3-10,19H,11-13H2,1-2H3,(H2,22,23,27). The van der Waals surface area contributed by atoms with E-state index in [0.29, 0.717) is 25.1 Å². The first-order valence-electron chi connectivity index (χ1n) is 8.92. The Bertz CT molecular complexity index is 861. The molecular formula is C21H23N3O3. The molecule has 1 unspecified atom stereocenters. The van der Waals surface area contributed by atoms with E-state index in [1.807, 2.05) is 36.4 Å². The Labute approximate surface area is 158 Å². The van der Waals surface area contributed by atoms with Crippen molar-refractivity contribution in [2.45, 2.75) is 25.9 Å². The van der Waals surface area contributed by atoms with Crippen LogP contribution in [0.15, 0.2) is 48.5 Å². The maximum atomic E-state index is 12.5. The summed E-state index contributed by atoms with van der Waals surface area (Å²) in [6, 6.07) is 13.9. The number of nitrogens with zero attached hydrogens (tertiary/aromatic N) is 1. The summed E-state index contributed by atoms with van der Waals surface area (Å²) in [5, 5.41) is 5.57. The SMILES string of the molecule is CC(=O)c1ccc(CCNC(=O)NC2C(=O)N(C)Cc3ccccc32)cc1. The van der Waals surface area contributed by atoms with Gasteiger partial charge in [0, 0.05) is 25.7 Å². The molecule has 140 valence electrons. The molecule has 0 spiro atoms. The highest BCUT2D eigenvalue weighted by Crippen LogP contribution is 2.26. The van der Waals surface area contributed by atoms with Crippen molar-refractivity contribution < 1.29 is 14.4 Å². The van der Waals surface area contributed by atoms with Crippen molar-refractivity contribution in [2.24, 2.45) is 0 Å². The summed E-state index contributed by atoms with van der Waals surface area (Å²) in [5.41, 5.74) is 3.58. The van der Waals surface area contributed by atoms with Gasteiger partial charge in [-0.3, -0.25) is 9.59 Å². The lowest BCUT2D eigenvalue weighted by Crippen LogP contribution is -2.47. The molecule has 0 fully saturated rings. The predicted octanol–water partition coefficient (Wildman–Crippen LogP) is 2.44. The van der Waals surface area contributed by atoms with Crippen LogP contribution < -0.4 is 10.6 Å². The molecule has 0 saturated carbocycles. The molecule has 6 nitrogen and oxygen atoms in total. The van der Waals surface area contributed by atoms with Crippen molar-refractivity contribution >= 4 is 17.7 Å². The summed E-state index contributed by atoms with van der Waals surface area (Å²) in [7, 11) is 1.73. The molecule has 27 heavy (non-hydrogen) atoms. The number of benzene rings is 2. The number of hydrogen-bond acceptors (Lipinski definition) is 3. The average Bonchev–Trinajstić information content (AvgIpc) is 2.66. The molecule has 0 saturated heterocycles. The van der Waals surface area contributed by atoms with Crippen LogP contribution in [0.5, 0.6) is 0 Å². The highest BCUT2D eigenvalue weighted by atomic mass is 16.2. The third kappa shape index (κ3) is 4.34. The fraction of sp³-hybridized carbons (Fsp3) is 0.286. The van der Waals surface area contributed by atoms with Crippen molar-refractivity contribution in [3.05, 3.63) is 70.8 Å². The molecule has 3 amide bonds. The Morgan fingerprint density at radius 1 is 1.11 bits per heavy atom. The molecule has 3 rings (SSSR count). The second-order valence-electron chi connectivity index (χ2n) is 6.73. The summed E-state index contributed by atoms with van der Waals surface area (Å²) < 4.78 is 0. The maximum Gasteiger partial charge on any atom is 0.315 e. The van der Waals surface area contributed by atoms with E-state index >= 15 is 0 Å². The number of urea groups is 1. The second kappa shape index (κ2) is 8.03. The monoisotopic (exact) mass is 365 g/mol. The van der Waals surface area contributed by atoms with Gasteiger partial charge in [0.1, 0.15) is 6.04 Å². The zero-order valence-electron chi connectivity index (χ0n) is 15.5. The van der Waals surface area contributed by atoms with E-state index in [0.717, 1.165) is 16.7 Å². The van der Waals surface area contributed by atoms with Crippen LogP contribution in [0.4, 0.5) is 4.79 Å². The smallest absolute Gasteiger partial charge is 0.315 e. The Morgan fingerprint density at radius 2 is 1.81 bits per heavy atom. The molecule has 0 bridgehead atoms. The third-order valence-electron chi connectivity index (χ3n) is 4.73. The van der Waals surface area contributed by atoms with Crippen LogP contribution in [0.1, 0.15) is 40.0 Å². The van der Waals surface area contributed by atoms with Gasteiger partial charge in [0.05, 0.1) is 0 Å². The van der Waals surface area contributed by atoms with Crippen molar-refractivity contribution in [3.63, 3.8) is 0 Å². The quantitative estimate of drug-likeness (QED) is 0.799. The average molecular weight is 365 g/mol. The van der Waals surface area contributed by atoms with Crippen LogP contribution in [0.2, 0.25) is 0 Å². The van der Waals surface area contributed by atoms with E-state index < -0.39 is 6.04 Å². The van der Waals surface area contributed by atoms with Crippen LogP contribution in [-0.2, 0) is 17.8 Å². The Balaban J connectivity index is 1.56. The molecule has 2 aromatic carbocycles. The number of rotatable bonds is 5. The molecule has 2 N–H and O–H groups in total. The lowest BCUT2D eigenvalue weighted by molar-refractivity contribution is -0.133. The van der Waals surface area contributed by atoms with E-state index in [2.05, 4.69) is 10.6 Å². The number of carbonyl (C=O) groups excluding carboxylic acids is 3. The van der Waals surface area contributed by atoms with Gasteiger partial charge >= 0.3 is 6.03 Å². The van der Waals surface area contributed by atoms with Gasteiger partial charge in [0.15, 0.2) is 5.78 Å². The topological polar surface area (TPSA) is 78.5 Å². The minimum absolute atomic E-state index is 0.0291. The normalized spacial score (nSPS) is 15.9. The fourth-order valence-electron chi connectivity index (χ4n) is 3.19. The van der Waals surface area contributed by atoms with Gasteiger partial charge in [-0.05, 0) is 30.0 Å². The Hall–Kier alpha value is -3.15. The number of nitrogens with one attached hydrogen (secondary N) is 2. The Kier molecular flexibility index (Phi) is 5.54. The van der Waals surface area contributed by atoms with Crippen molar-refractivity contribution in [1.82, 2.24) is 15.5 Å². The summed E-state index contributed by atoms with van der Waals surface area (Å²) in [6.07, 6.45) is 0.640. The lowest BCUT2D eigenvalue weighted by Gasteiger charge is -2.32. The van der Waals surface area contributed by atoms with Crippen molar-refractivity contribution in [3.8, 4) is 0 Å². The number of hydrogen-bond donors (Lipinski definition) is 2. The molecule has 1 atom stereocenters. The molecule has 1 aliphatic heterocycles. The van der Waals surface area contributed by atoms with Crippen LogP contribution >= 0.6 is 0 Å². The summed E-state index contributed by atoms with van der Waals surface area (Å²) in [5.74, 6) is -0.0925. The minimum Gasteiger partial charge on any atom is -0.339 e. The van der Waals surface area contributed by atoms with Crippen molar-refractivity contribution in [2.75, 3.05) is 13.6 Å². The number of likely N-dealkylation sites (N-methyl/N-ethyl adjacent to an activating group) is 1. The zero-order valence-corrected chi connectivity index (χ0v) is 15.5. The maximum absolute atomic E-state index is 12.5. The van der Waals surface area contributed by atoms with Crippen LogP contribution in [0.25, 0.3) is 0 Å². The van der Waals surface area contributed by atoms with Gasteiger partial charge in [-0.1, -0.05) is 48.5 Å².